The monoisotopic (exact) mass is 375 g/mol. The van der Waals surface area contributed by atoms with Gasteiger partial charge in [-0.25, -0.2) is 0 Å². The Morgan fingerprint density at radius 2 is 1.92 bits per heavy atom. The largest absolute Gasteiger partial charge is 0.416 e. The zero-order chi connectivity index (χ0) is 19.2. The van der Waals surface area contributed by atoms with Crippen LogP contribution >= 0.6 is 0 Å². The van der Waals surface area contributed by atoms with Crippen molar-refractivity contribution in [1.82, 2.24) is 10.2 Å². The summed E-state index contributed by atoms with van der Waals surface area (Å²) in [7, 11) is 1.45. The van der Waals surface area contributed by atoms with Crippen LogP contribution in [-0.4, -0.2) is 63.4 Å². The van der Waals surface area contributed by atoms with Crippen LogP contribution in [0.5, 0.6) is 0 Å². The molecule has 1 heterocycles. The molecule has 1 aliphatic rings. The van der Waals surface area contributed by atoms with Crippen molar-refractivity contribution >= 4 is 5.91 Å². The molecule has 146 valence electrons. The van der Waals surface area contributed by atoms with Crippen LogP contribution in [0.4, 0.5) is 13.2 Å². The summed E-state index contributed by atoms with van der Waals surface area (Å²) in [5.41, 5.74) is 5.70. The van der Waals surface area contributed by atoms with E-state index in [0.29, 0.717) is 31.9 Å². The van der Waals surface area contributed by atoms with Gasteiger partial charge in [0.15, 0.2) is 0 Å². The van der Waals surface area contributed by atoms with Crippen LogP contribution in [0.15, 0.2) is 24.3 Å². The fourth-order valence-electron chi connectivity index (χ4n) is 2.82. The lowest BCUT2D eigenvalue weighted by Crippen LogP contribution is -2.48. The molecule has 1 aromatic carbocycles. The van der Waals surface area contributed by atoms with E-state index in [1.807, 2.05) is 0 Å². The molecule has 1 saturated heterocycles. The average molecular weight is 375 g/mol. The number of carbonyl (C=O) groups is 1. The second-order valence-electron chi connectivity index (χ2n) is 6.09. The van der Waals surface area contributed by atoms with Gasteiger partial charge in [0.1, 0.15) is 6.04 Å². The zero-order valence-electron chi connectivity index (χ0n) is 14.6. The normalized spacial score (nSPS) is 18.3. The number of carbonyl (C=O) groups excluding carboxylic acids is 1. The van der Waals surface area contributed by atoms with Gasteiger partial charge in [0.25, 0.3) is 0 Å². The minimum Gasteiger partial charge on any atom is -0.383 e. The van der Waals surface area contributed by atoms with Crippen LogP contribution in [0.3, 0.4) is 0 Å². The number of amides is 1. The van der Waals surface area contributed by atoms with Gasteiger partial charge in [-0.1, -0.05) is 12.1 Å². The molecule has 2 unspecified atom stereocenters. The molecule has 26 heavy (non-hydrogen) atoms. The Hall–Kier alpha value is -1.68. The molecule has 1 aliphatic heterocycles. The molecule has 0 bridgehead atoms. The summed E-state index contributed by atoms with van der Waals surface area (Å²) < 4.78 is 48.5. The van der Waals surface area contributed by atoms with E-state index in [4.69, 9.17) is 15.2 Å². The lowest BCUT2D eigenvalue weighted by atomic mass is 10.0. The number of nitrogens with zero attached hydrogens (tertiary/aromatic N) is 1. The Morgan fingerprint density at radius 1 is 1.31 bits per heavy atom. The number of nitrogens with two attached hydrogens (primary N) is 1. The van der Waals surface area contributed by atoms with Crippen LogP contribution in [0, 0.1) is 0 Å². The van der Waals surface area contributed by atoms with Gasteiger partial charge < -0.3 is 20.5 Å². The van der Waals surface area contributed by atoms with Crippen molar-refractivity contribution in [3.63, 3.8) is 0 Å². The number of rotatable bonds is 7. The van der Waals surface area contributed by atoms with Crippen molar-refractivity contribution in [2.45, 2.75) is 18.3 Å². The highest BCUT2D eigenvalue weighted by Crippen LogP contribution is 2.31. The van der Waals surface area contributed by atoms with E-state index in [1.54, 1.807) is 0 Å². The van der Waals surface area contributed by atoms with Crippen molar-refractivity contribution in [3.8, 4) is 0 Å². The molecule has 2 atom stereocenters. The fourth-order valence-corrected chi connectivity index (χ4v) is 2.82. The maximum atomic E-state index is 12.8. The number of nitrogens with one attached hydrogen (secondary N) is 1. The van der Waals surface area contributed by atoms with Crippen LogP contribution in [-0.2, 0) is 20.4 Å². The highest BCUT2D eigenvalue weighted by molar-refractivity contribution is 5.81. The van der Waals surface area contributed by atoms with Crippen molar-refractivity contribution in [2.75, 3.05) is 46.6 Å². The fraction of sp³-hybridized carbons (Fsp3) is 0.588. The highest BCUT2D eigenvalue weighted by atomic mass is 19.4. The van der Waals surface area contributed by atoms with E-state index < -0.39 is 17.8 Å². The Kier molecular flexibility index (Phi) is 7.39. The second-order valence-corrected chi connectivity index (χ2v) is 6.09. The van der Waals surface area contributed by atoms with E-state index in [1.165, 1.54) is 19.2 Å². The van der Waals surface area contributed by atoms with E-state index in [0.717, 1.165) is 12.1 Å². The Labute approximate surface area is 150 Å². The summed E-state index contributed by atoms with van der Waals surface area (Å²) in [6, 6.07) is 3.95. The minimum absolute atomic E-state index is 0.0916. The first kappa shape index (κ1) is 20.6. The Morgan fingerprint density at radius 3 is 2.46 bits per heavy atom. The standard InChI is InChI=1S/C17H24F3N3O3/c1-25-11-14(21)16(24)22-10-15(23-6-8-26-9-7-23)12-2-4-13(5-3-12)17(18,19)20/h2-5,14-15H,6-11,21H2,1H3,(H,22,24). The predicted octanol–water partition coefficient (Wildman–Crippen LogP) is 1.17. The first-order valence-corrected chi connectivity index (χ1v) is 8.34. The van der Waals surface area contributed by atoms with Crippen LogP contribution < -0.4 is 11.1 Å². The molecule has 6 nitrogen and oxygen atoms in total. The van der Waals surface area contributed by atoms with Gasteiger partial charge in [-0.3, -0.25) is 9.69 Å². The van der Waals surface area contributed by atoms with Gasteiger partial charge in [-0.05, 0) is 17.7 Å². The molecule has 1 amide bonds. The average Bonchev–Trinajstić information content (AvgIpc) is 2.62. The molecule has 0 spiro atoms. The first-order chi connectivity index (χ1) is 12.3. The maximum Gasteiger partial charge on any atom is 0.416 e. The smallest absolute Gasteiger partial charge is 0.383 e. The minimum atomic E-state index is -4.38. The third-order valence-electron chi connectivity index (χ3n) is 4.26. The Balaban J connectivity index is 2.12. The third-order valence-corrected chi connectivity index (χ3v) is 4.26. The number of ether oxygens (including phenoxy) is 2. The summed E-state index contributed by atoms with van der Waals surface area (Å²) >= 11 is 0. The van der Waals surface area contributed by atoms with Crippen LogP contribution in [0.2, 0.25) is 0 Å². The summed E-state index contributed by atoms with van der Waals surface area (Å²) in [5.74, 6) is -0.364. The van der Waals surface area contributed by atoms with E-state index in [9.17, 15) is 18.0 Å². The van der Waals surface area contributed by atoms with Crippen molar-refractivity contribution in [3.05, 3.63) is 35.4 Å². The van der Waals surface area contributed by atoms with Gasteiger partial charge >= 0.3 is 6.18 Å². The maximum absolute atomic E-state index is 12.8. The SMILES string of the molecule is COCC(N)C(=O)NCC(c1ccc(C(F)(F)F)cc1)N1CCOCC1. The van der Waals surface area contributed by atoms with Gasteiger partial charge in [0, 0.05) is 26.7 Å². The third kappa shape index (κ3) is 5.66. The molecule has 0 aromatic heterocycles. The van der Waals surface area contributed by atoms with Crippen LogP contribution in [0.1, 0.15) is 17.2 Å². The Bertz CT molecular complexity index is 575. The number of benzene rings is 1. The zero-order valence-corrected chi connectivity index (χ0v) is 14.6. The number of morpholine rings is 1. The topological polar surface area (TPSA) is 76.8 Å². The molecule has 3 N–H and O–H groups in total. The summed E-state index contributed by atoms with van der Waals surface area (Å²) in [4.78, 5) is 14.1. The lowest BCUT2D eigenvalue weighted by Gasteiger charge is -2.35. The lowest BCUT2D eigenvalue weighted by molar-refractivity contribution is -0.137. The highest BCUT2D eigenvalue weighted by Gasteiger charge is 2.31. The van der Waals surface area contributed by atoms with Crippen molar-refractivity contribution < 1.29 is 27.4 Å². The van der Waals surface area contributed by atoms with E-state index in [-0.39, 0.29) is 25.1 Å². The number of alkyl halides is 3. The van der Waals surface area contributed by atoms with Gasteiger partial charge in [-0.2, -0.15) is 13.2 Å². The van der Waals surface area contributed by atoms with Gasteiger partial charge in [0.05, 0.1) is 31.4 Å². The predicted molar refractivity (Wildman–Crippen MR) is 89.4 cm³/mol. The van der Waals surface area contributed by atoms with Gasteiger partial charge in [-0.15, -0.1) is 0 Å². The molecule has 1 fully saturated rings. The summed E-state index contributed by atoms with van der Waals surface area (Å²) in [6.45, 7) is 2.66. The van der Waals surface area contributed by atoms with Crippen molar-refractivity contribution in [2.24, 2.45) is 5.73 Å². The van der Waals surface area contributed by atoms with E-state index >= 15 is 0 Å². The number of hydrogen-bond donors (Lipinski definition) is 2. The molecule has 0 saturated carbocycles. The molecule has 0 aliphatic carbocycles. The van der Waals surface area contributed by atoms with Gasteiger partial charge in [0.2, 0.25) is 5.91 Å². The summed E-state index contributed by atoms with van der Waals surface area (Å²) in [5, 5.41) is 2.76. The van der Waals surface area contributed by atoms with E-state index in [2.05, 4.69) is 10.2 Å². The molecule has 0 radical (unpaired) electrons. The second kappa shape index (κ2) is 9.31. The van der Waals surface area contributed by atoms with Crippen LogP contribution in [0.25, 0.3) is 0 Å². The molecule has 2 rings (SSSR count). The molecular weight excluding hydrogens is 351 g/mol. The number of halogens is 3. The number of hydrogen-bond acceptors (Lipinski definition) is 5. The first-order valence-electron chi connectivity index (χ1n) is 8.34. The van der Waals surface area contributed by atoms with Crippen molar-refractivity contribution in [1.29, 1.82) is 0 Å². The number of methoxy groups -OCH3 is 1. The summed E-state index contributed by atoms with van der Waals surface area (Å²) in [6.07, 6.45) is -4.38. The molecular formula is C17H24F3N3O3. The quantitative estimate of drug-likeness (QED) is 0.748. The molecule has 1 aromatic rings. The molecule has 9 heteroatoms.